The number of esters is 1. The summed E-state index contributed by atoms with van der Waals surface area (Å²) in [6, 6.07) is 10.8. The number of amides is 2. The Bertz CT molecular complexity index is 802. The van der Waals surface area contributed by atoms with E-state index < -0.39 is 6.04 Å². The van der Waals surface area contributed by atoms with Gasteiger partial charge in [-0.05, 0) is 35.6 Å². The molecule has 2 amide bonds. The summed E-state index contributed by atoms with van der Waals surface area (Å²) >= 11 is 1.49. The molecule has 1 aliphatic rings. The van der Waals surface area contributed by atoms with Crippen LogP contribution in [0.4, 0.5) is 5.69 Å². The molecule has 0 unspecified atom stereocenters. The maximum absolute atomic E-state index is 12.5. The van der Waals surface area contributed by atoms with Gasteiger partial charge >= 0.3 is 5.97 Å². The number of carbonyl (C=O) groups excluding carboxylic acids is 3. The molecule has 1 aromatic carbocycles. The quantitative estimate of drug-likeness (QED) is 0.743. The predicted molar refractivity (Wildman–Crippen MR) is 104 cm³/mol. The average Bonchev–Trinajstić information content (AvgIpc) is 3.33. The Morgan fingerprint density at radius 2 is 2.04 bits per heavy atom. The van der Waals surface area contributed by atoms with Crippen LogP contribution < -0.4 is 10.2 Å². The fraction of sp³-hybridized carbons (Fsp3) is 0.350. The van der Waals surface area contributed by atoms with Crippen LogP contribution in [0.2, 0.25) is 0 Å². The number of ether oxygens (including phenoxy) is 1. The molecule has 0 aliphatic carbocycles. The molecule has 1 fully saturated rings. The average molecular weight is 386 g/mol. The summed E-state index contributed by atoms with van der Waals surface area (Å²) in [7, 11) is 1.34. The summed E-state index contributed by atoms with van der Waals surface area (Å²) in [5.74, 6) is -0.391. The Kier molecular flexibility index (Phi) is 6.24. The zero-order valence-corrected chi connectivity index (χ0v) is 16.0. The van der Waals surface area contributed by atoms with Crippen LogP contribution in [0.5, 0.6) is 0 Å². The van der Waals surface area contributed by atoms with Crippen molar-refractivity contribution in [2.75, 3.05) is 18.6 Å². The largest absolute Gasteiger partial charge is 0.469 e. The zero-order valence-electron chi connectivity index (χ0n) is 15.1. The van der Waals surface area contributed by atoms with E-state index in [4.69, 9.17) is 4.74 Å². The van der Waals surface area contributed by atoms with Crippen LogP contribution in [0.3, 0.4) is 0 Å². The number of nitrogens with zero attached hydrogens (tertiary/aromatic N) is 1. The van der Waals surface area contributed by atoms with E-state index in [-0.39, 0.29) is 30.6 Å². The molecule has 0 spiro atoms. The standard InChI is InChI=1S/C20H22N2O4S/c1-26-20(25)13-16(17-4-3-11-27-17)21-18(23)12-14-6-8-15(9-7-14)22-10-2-5-19(22)24/h3-4,6-9,11,16H,2,5,10,12-13H2,1H3,(H,21,23)/t16-/m0/s1. The summed E-state index contributed by atoms with van der Waals surface area (Å²) in [5.41, 5.74) is 1.72. The monoisotopic (exact) mass is 386 g/mol. The summed E-state index contributed by atoms with van der Waals surface area (Å²) in [6.45, 7) is 0.745. The molecule has 2 aromatic rings. The van der Waals surface area contributed by atoms with Crippen molar-refractivity contribution in [2.45, 2.75) is 31.7 Å². The minimum atomic E-state index is -0.397. The number of rotatable bonds is 7. The van der Waals surface area contributed by atoms with Gasteiger partial charge in [-0.3, -0.25) is 14.4 Å². The Labute approximate surface area is 162 Å². The Morgan fingerprint density at radius 3 is 2.63 bits per heavy atom. The van der Waals surface area contributed by atoms with Gasteiger partial charge in [-0.25, -0.2) is 0 Å². The maximum Gasteiger partial charge on any atom is 0.307 e. The Balaban J connectivity index is 1.61. The summed E-state index contributed by atoms with van der Waals surface area (Å²) in [5, 5.41) is 4.82. The van der Waals surface area contributed by atoms with Crippen molar-refractivity contribution in [3.63, 3.8) is 0 Å². The van der Waals surface area contributed by atoms with Crippen LogP contribution in [0, 0.1) is 0 Å². The zero-order chi connectivity index (χ0) is 19.2. The van der Waals surface area contributed by atoms with Crippen LogP contribution in [0.25, 0.3) is 0 Å². The first kappa shape index (κ1) is 19.1. The third-order valence-corrected chi connectivity index (χ3v) is 5.49. The van der Waals surface area contributed by atoms with Crippen LogP contribution in [-0.4, -0.2) is 31.4 Å². The first-order chi connectivity index (χ1) is 13.1. The topological polar surface area (TPSA) is 75.7 Å². The lowest BCUT2D eigenvalue weighted by atomic mass is 10.1. The number of thiophene rings is 1. The lowest BCUT2D eigenvalue weighted by Gasteiger charge is -2.17. The van der Waals surface area contributed by atoms with Gasteiger partial charge in [0.25, 0.3) is 0 Å². The van der Waals surface area contributed by atoms with Gasteiger partial charge in [0.05, 0.1) is 26.0 Å². The van der Waals surface area contributed by atoms with Crippen molar-refractivity contribution in [3.05, 3.63) is 52.2 Å². The molecule has 7 heteroatoms. The minimum Gasteiger partial charge on any atom is -0.469 e. The molecule has 2 heterocycles. The minimum absolute atomic E-state index is 0.0960. The van der Waals surface area contributed by atoms with Gasteiger partial charge in [0, 0.05) is 23.5 Å². The smallest absolute Gasteiger partial charge is 0.307 e. The first-order valence-corrected chi connectivity index (χ1v) is 9.73. The van der Waals surface area contributed by atoms with Gasteiger partial charge in [0.2, 0.25) is 11.8 Å². The van der Waals surface area contributed by atoms with E-state index in [2.05, 4.69) is 5.32 Å². The number of anilines is 1. The van der Waals surface area contributed by atoms with E-state index >= 15 is 0 Å². The lowest BCUT2D eigenvalue weighted by molar-refractivity contribution is -0.141. The number of carbonyl (C=O) groups is 3. The van der Waals surface area contributed by atoms with Gasteiger partial charge in [-0.2, -0.15) is 0 Å². The molecule has 0 saturated carbocycles. The van der Waals surface area contributed by atoms with E-state index in [1.54, 1.807) is 4.90 Å². The van der Waals surface area contributed by atoms with E-state index in [1.807, 2.05) is 41.8 Å². The van der Waals surface area contributed by atoms with Crippen molar-refractivity contribution in [1.82, 2.24) is 5.32 Å². The molecule has 1 atom stereocenters. The molecule has 3 rings (SSSR count). The van der Waals surface area contributed by atoms with Gasteiger partial charge in [0.15, 0.2) is 0 Å². The fourth-order valence-electron chi connectivity index (χ4n) is 3.11. The molecular formula is C20H22N2O4S. The highest BCUT2D eigenvalue weighted by Crippen LogP contribution is 2.24. The molecule has 1 aromatic heterocycles. The van der Waals surface area contributed by atoms with Crippen LogP contribution in [0.15, 0.2) is 41.8 Å². The molecule has 6 nitrogen and oxygen atoms in total. The highest BCUT2D eigenvalue weighted by Gasteiger charge is 2.22. The highest BCUT2D eigenvalue weighted by atomic mass is 32.1. The van der Waals surface area contributed by atoms with Crippen molar-refractivity contribution in [2.24, 2.45) is 0 Å². The fourth-order valence-corrected chi connectivity index (χ4v) is 3.89. The van der Waals surface area contributed by atoms with Crippen LogP contribution in [-0.2, 0) is 25.5 Å². The van der Waals surface area contributed by atoms with Gasteiger partial charge in [0.1, 0.15) is 0 Å². The molecule has 0 radical (unpaired) electrons. The second kappa shape index (κ2) is 8.81. The molecule has 142 valence electrons. The molecule has 1 aliphatic heterocycles. The predicted octanol–water partition coefficient (Wildman–Crippen LogP) is 2.84. The van der Waals surface area contributed by atoms with E-state index in [9.17, 15) is 14.4 Å². The van der Waals surface area contributed by atoms with Crippen molar-refractivity contribution in [3.8, 4) is 0 Å². The van der Waals surface area contributed by atoms with E-state index in [0.717, 1.165) is 29.1 Å². The Hall–Kier alpha value is -2.67. The third-order valence-electron chi connectivity index (χ3n) is 4.51. The van der Waals surface area contributed by atoms with Crippen LogP contribution >= 0.6 is 11.3 Å². The highest BCUT2D eigenvalue weighted by molar-refractivity contribution is 7.10. The maximum atomic E-state index is 12.5. The summed E-state index contributed by atoms with van der Waals surface area (Å²) in [6.07, 6.45) is 1.78. The number of methoxy groups -OCH3 is 1. The first-order valence-electron chi connectivity index (χ1n) is 8.85. The molecular weight excluding hydrogens is 364 g/mol. The summed E-state index contributed by atoms with van der Waals surface area (Å²) < 4.78 is 4.73. The number of hydrogen-bond acceptors (Lipinski definition) is 5. The van der Waals surface area contributed by atoms with Gasteiger partial charge < -0.3 is 15.0 Å². The lowest BCUT2D eigenvalue weighted by Crippen LogP contribution is -2.31. The second-order valence-corrected chi connectivity index (χ2v) is 7.39. The SMILES string of the molecule is COC(=O)C[C@H](NC(=O)Cc1ccc(N2CCCC2=O)cc1)c1cccs1. The Morgan fingerprint density at radius 1 is 1.26 bits per heavy atom. The third kappa shape index (κ3) is 4.95. The van der Waals surface area contributed by atoms with Crippen molar-refractivity contribution in [1.29, 1.82) is 0 Å². The van der Waals surface area contributed by atoms with Gasteiger partial charge in [-0.1, -0.05) is 18.2 Å². The second-order valence-electron chi connectivity index (χ2n) is 6.41. The molecule has 1 N–H and O–H groups in total. The van der Waals surface area contributed by atoms with Crippen molar-refractivity contribution < 1.29 is 19.1 Å². The van der Waals surface area contributed by atoms with E-state index in [0.29, 0.717) is 6.42 Å². The number of hydrogen-bond donors (Lipinski definition) is 1. The van der Waals surface area contributed by atoms with E-state index in [1.165, 1.54) is 18.4 Å². The van der Waals surface area contributed by atoms with Gasteiger partial charge in [-0.15, -0.1) is 11.3 Å². The normalized spacial score (nSPS) is 14.9. The molecule has 1 saturated heterocycles. The number of benzene rings is 1. The van der Waals surface area contributed by atoms with Crippen molar-refractivity contribution >= 4 is 34.8 Å². The summed E-state index contributed by atoms with van der Waals surface area (Å²) in [4.78, 5) is 38.6. The molecule has 27 heavy (non-hydrogen) atoms. The number of nitrogens with one attached hydrogen (secondary N) is 1. The van der Waals surface area contributed by atoms with Crippen LogP contribution in [0.1, 0.15) is 35.7 Å². The molecule has 0 bridgehead atoms.